The molecule has 9 aromatic heterocycles. The molecule has 27 nitrogen and oxygen atoms in total. The molecule has 15 heterocycles. The number of benzene rings is 3. The zero-order valence-corrected chi connectivity index (χ0v) is 82.7. The van der Waals surface area contributed by atoms with Crippen molar-refractivity contribution in [2.75, 3.05) is 72.5 Å². The molecule has 3 saturated heterocycles. The average Bonchev–Trinajstić information content (AvgIpc) is 0.985. The molecule has 3 N–H and O–H groups in total. The highest BCUT2D eigenvalue weighted by atomic mass is 35.5. The molecule has 6 unspecified atom stereocenters. The molecule has 0 radical (unpaired) electrons. The van der Waals surface area contributed by atoms with Crippen molar-refractivity contribution in [2.24, 2.45) is 0 Å². The van der Waals surface area contributed by atoms with Gasteiger partial charge in [-0.15, -0.1) is 0 Å². The van der Waals surface area contributed by atoms with E-state index in [1.54, 1.807) is 56.7 Å². The van der Waals surface area contributed by atoms with E-state index in [9.17, 15) is 48.9 Å². The molecule has 3 aromatic carbocycles. The molecular formula is C99H95Cl9N16O11. The Morgan fingerprint density at radius 1 is 0.430 bits per heavy atom. The molecule has 0 saturated carbocycles. The van der Waals surface area contributed by atoms with Gasteiger partial charge in [-0.05, 0) is 162 Å². The van der Waals surface area contributed by atoms with Gasteiger partial charge in [0.2, 0.25) is 23.5 Å². The van der Waals surface area contributed by atoms with Crippen LogP contribution in [0.2, 0.25) is 45.2 Å². The highest BCUT2D eigenvalue weighted by molar-refractivity contribution is 6.46. The Labute approximate surface area is 822 Å². The predicted octanol–water partition coefficient (Wildman–Crippen LogP) is 20.1. The summed E-state index contributed by atoms with van der Waals surface area (Å²) in [7, 11) is 1.56. The van der Waals surface area contributed by atoms with Crippen LogP contribution in [-0.4, -0.2) is 186 Å². The fraction of sp³-hybridized carbons (Fsp3) is 0.323. The monoisotopic (exact) mass is 2000 g/mol. The van der Waals surface area contributed by atoms with Crippen molar-refractivity contribution in [1.82, 2.24) is 58.3 Å². The summed E-state index contributed by atoms with van der Waals surface area (Å²) in [5, 5.41) is 34.5. The zero-order chi connectivity index (χ0) is 97.3. The van der Waals surface area contributed by atoms with Crippen LogP contribution in [0.3, 0.4) is 0 Å². The molecule has 135 heavy (non-hydrogen) atoms. The molecule has 0 bridgehead atoms. The van der Waals surface area contributed by atoms with Gasteiger partial charge in [-0.25, -0.2) is 15.0 Å². The Bertz CT molecular complexity index is 7250. The third-order valence-electron chi connectivity index (χ3n) is 25.9. The number of anilines is 4. The van der Waals surface area contributed by atoms with Gasteiger partial charge in [0.05, 0.1) is 133 Å². The number of likely N-dealkylation sites (N-methyl/N-ethyl adjacent to an activating group) is 1. The van der Waals surface area contributed by atoms with Crippen LogP contribution < -0.4 is 41.0 Å². The Balaban J connectivity index is 0.000000147. The minimum absolute atomic E-state index is 0.00479. The van der Waals surface area contributed by atoms with Gasteiger partial charge >= 0.3 is 5.56 Å². The number of ether oxygens (including phenoxy) is 1. The minimum atomic E-state index is -0.764. The summed E-state index contributed by atoms with van der Waals surface area (Å²) < 4.78 is 11.0. The molecule has 4 amide bonds. The Morgan fingerprint density at radius 3 is 1.17 bits per heavy atom. The lowest BCUT2D eigenvalue weighted by atomic mass is 9.91. The van der Waals surface area contributed by atoms with Gasteiger partial charge in [0.15, 0.2) is 5.65 Å². The maximum absolute atomic E-state index is 14.9. The number of hydrogen-bond donors (Lipinski definition) is 3. The van der Waals surface area contributed by atoms with Crippen molar-refractivity contribution in [3.8, 4) is 73.8 Å². The number of aromatic nitrogens is 9. The van der Waals surface area contributed by atoms with Crippen molar-refractivity contribution in [3.63, 3.8) is 0 Å². The summed E-state index contributed by atoms with van der Waals surface area (Å²) >= 11 is 59.7. The Hall–Kier alpha value is -11.5. The van der Waals surface area contributed by atoms with Crippen LogP contribution in [0.15, 0.2) is 144 Å². The summed E-state index contributed by atoms with van der Waals surface area (Å²) in [4.78, 5) is 138. The number of fused-ring (bicyclic) bond motifs is 15. The molecule has 6 atom stereocenters. The number of aryl methyl sites for hydroxylation is 3. The number of carbonyl (C=O) groups excluding carboxylic acids is 4. The number of rotatable bonds is 12. The van der Waals surface area contributed by atoms with Crippen LogP contribution in [0.25, 0.3) is 83.9 Å². The number of hydrogen-bond acceptors (Lipinski definition) is 20. The van der Waals surface area contributed by atoms with Crippen LogP contribution in [-0.2, 0) is 25.6 Å². The van der Waals surface area contributed by atoms with Crippen LogP contribution in [0, 0.1) is 20.8 Å². The second kappa shape index (κ2) is 37.9. The van der Waals surface area contributed by atoms with E-state index in [0.29, 0.717) is 129 Å². The van der Waals surface area contributed by atoms with Crippen LogP contribution in [0.1, 0.15) is 132 Å². The van der Waals surface area contributed by atoms with E-state index in [0.717, 1.165) is 28.1 Å². The third kappa shape index (κ3) is 17.0. The molecule has 6 aliphatic rings. The smallest absolute Gasteiger partial charge is 0.301 e. The second-order valence-corrected chi connectivity index (χ2v) is 39.2. The van der Waals surface area contributed by atoms with E-state index in [1.807, 2.05) is 117 Å². The molecule has 0 aliphatic carbocycles. The average molecular weight is 2000 g/mol. The van der Waals surface area contributed by atoms with E-state index in [4.69, 9.17) is 124 Å². The highest BCUT2D eigenvalue weighted by Crippen LogP contribution is 2.51. The molecule has 36 heteroatoms. The van der Waals surface area contributed by atoms with Gasteiger partial charge in [-0.1, -0.05) is 166 Å². The molecular weight excluding hydrogens is 1910 g/mol. The minimum Gasteiger partial charge on any atom is -0.508 e. The standard InChI is InChI=1S/C33H31Cl3N6O4.C33H32Cl3N5O4.C33H32Cl3N5O3/c1-7-24(44)40-14-23-32(45)39(6)30-29(41(23)13-17(40)5)20-12-22(35)27(19-10-18(43)11-21(34)25(19)36)38-31(20)42(33(30)46)28-16(4)8-9-37-26(28)15(2)3;1-6-25(43)39-15-19-8-10-45-31-30(40(19)14-18(39)5)22-13-24(35)28(21-11-20(42)12-23(34)26(21)36)38-32(22)41(33(31)44)29-17(4)7-9-37-27(29)16(2)3;1-6-26(43)39-15-19-7-8-21-31(40(19)14-18(39)5)23-13-25(35)29(22-11-20(42)12-24(34)27(22)36)38-32(23)41(33(21)44)30-17(4)9-10-37-28(30)16(2)3/h7-12,15,17,23,43H,1,13-14H2,2-6H3;6-7,9,11-13,16,18-19,42H,1,8,10,14-15H2,2-5H3;6,9-13,16,18-19,42H,1,7-8,14-15H2,2-5H3. The first-order valence-electron chi connectivity index (χ1n) is 43.9. The van der Waals surface area contributed by atoms with Crippen LogP contribution in [0.4, 0.5) is 22.7 Å². The number of piperazine rings is 3. The number of amides is 4. The molecule has 700 valence electrons. The van der Waals surface area contributed by atoms with Crippen molar-refractivity contribution in [1.29, 1.82) is 0 Å². The number of carbonyl (C=O) groups is 4. The van der Waals surface area contributed by atoms with Gasteiger partial charge in [0.1, 0.15) is 40.3 Å². The number of pyridine rings is 9. The summed E-state index contributed by atoms with van der Waals surface area (Å²) in [5.74, 6) is -1.08. The lowest BCUT2D eigenvalue weighted by Crippen LogP contribution is -2.66. The number of halogens is 9. The van der Waals surface area contributed by atoms with E-state index in [2.05, 4.69) is 44.5 Å². The van der Waals surface area contributed by atoms with Crippen molar-refractivity contribution in [2.45, 2.75) is 156 Å². The van der Waals surface area contributed by atoms with E-state index in [-0.39, 0.29) is 199 Å². The molecule has 6 aliphatic heterocycles. The summed E-state index contributed by atoms with van der Waals surface area (Å²) in [6, 6.07) is 17.6. The van der Waals surface area contributed by atoms with Gasteiger partial charge in [0.25, 0.3) is 17.0 Å². The highest BCUT2D eigenvalue weighted by Gasteiger charge is 2.48. The zero-order valence-electron chi connectivity index (χ0n) is 75.9. The lowest BCUT2D eigenvalue weighted by molar-refractivity contribution is -0.131. The van der Waals surface area contributed by atoms with Gasteiger partial charge in [-0.2, -0.15) is 0 Å². The molecule has 3 fully saturated rings. The number of phenols is 3. The SMILES string of the molecule is C=CC(=O)N1CC2C(=O)N(C)c3c(c4cc(Cl)c(-c5cc(O)cc(Cl)c5Cl)nc4n(-c4c(C)ccnc4C(C)C)c3=O)N2CC1C.C=CC(=O)N1CC2CCOc3c(c4cc(Cl)c(-c5cc(O)cc(Cl)c5Cl)nc4n(-c4c(C)ccnc4C(C)C)c3=O)N2CC1C.C=CC(=O)N1CC2CCc3c(c4cc(Cl)c(-c5cc(O)cc(Cl)c5Cl)nc4n(-c4c(C)ccnc4C(C)C)c3=O)N2CC1C. The normalized spacial score (nSPS) is 17.9. The number of aromatic hydroxyl groups is 3. The Kier molecular flexibility index (Phi) is 27.1. The van der Waals surface area contributed by atoms with E-state index >= 15 is 0 Å². The molecule has 18 rings (SSSR count). The molecule has 0 spiro atoms. The van der Waals surface area contributed by atoms with Crippen LogP contribution >= 0.6 is 104 Å². The first kappa shape index (κ1) is 96.6. The fourth-order valence-electron chi connectivity index (χ4n) is 19.4. The number of phenolic OH excluding ortho intramolecular Hbond substituents is 3. The van der Waals surface area contributed by atoms with Crippen molar-refractivity contribution < 1.29 is 39.2 Å². The fourth-order valence-corrected chi connectivity index (χ4v) is 21.4. The van der Waals surface area contributed by atoms with Gasteiger partial charge in [-0.3, -0.25) is 62.2 Å². The quantitative estimate of drug-likeness (QED) is 0.0957. The largest absolute Gasteiger partial charge is 0.508 e. The first-order valence-corrected chi connectivity index (χ1v) is 47.3. The maximum atomic E-state index is 14.9. The summed E-state index contributed by atoms with van der Waals surface area (Å²) in [5.41, 5.74) is 10.6. The third-order valence-corrected chi connectivity index (χ3v) is 29.1. The van der Waals surface area contributed by atoms with Crippen molar-refractivity contribution in [3.05, 3.63) is 245 Å². The predicted molar refractivity (Wildman–Crippen MR) is 538 cm³/mol. The maximum Gasteiger partial charge on any atom is 0.301 e. The van der Waals surface area contributed by atoms with Crippen LogP contribution in [0.5, 0.6) is 23.0 Å². The van der Waals surface area contributed by atoms with Crippen molar-refractivity contribution >= 4 is 184 Å². The topological polar surface area (TPSA) is 304 Å². The first-order chi connectivity index (χ1) is 64.1. The number of nitrogens with zero attached hydrogens (tertiary/aromatic N) is 16. The second-order valence-electron chi connectivity index (χ2n) is 35.6. The van der Waals surface area contributed by atoms with E-state index in [1.165, 1.54) is 64.1 Å². The van der Waals surface area contributed by atoms with Gasteiger partial charge < -0.3 is 54.4 Å². The Morgan fingerprint density at radius 2 is 0.778 bits per heavy atom. The molecule has 12 aromatic rings. The lowest BCUT2D eigenvalue weighted by Gasteiger charge is -2.49. The van der Waals surface area contributed by atoms with E-state index < -0.39 is 17.2 Å². The summed E-state index contributed by atoms with van der Waals surface area (Å²) in [6.45, 7) is 37.2. The van der Waals surface area contributed by atoms with Gasteiger partial charge in [0, 0.05) is 146 Å². The summed E-state index contributed by atoms with van der Waals surface area (Å²) in [6.07, 6.45) is 10.9.